The second-order valence-corrected chi connectivity index (χ2v) is 16.7. The molecule has 12 atom stereocenters. The minimum Gasteiger partial charge on any atom is -0.387 e. The summed E-state index contributed by atoms with van der Waals surface area (Å²) in [4.78, 5) is 66.5. The molecule has 5 rings (SSSR count). The summed E-state index contributed by atoms with van der Waals surface area (Å²) in [5.74, 6) is -0.198. The summed E-state index contributed by atoms with van der Waals surface area (Å²) < 4.78 is 82.2. The van der Waals surface area contributed by atoms with Gasteiger partial charge in [0.2, 0.25) is 0 Å². The molecule has 0 aliphatic carbocycles. The van der Waals surface area contributed by atoms with Gasteiger partial charge in [0.15, 0.2) is 23.9 Å². The number of nitrogen functional groups attached to an aromatic ring is 2. The molecule has 3 aromatic heterocycles. The maximum atomic E-state index is 12.4. The van der Waals surface area contributed by atoms with Crippen LogP contribution in [-0.2, 0) is 49.7 Å². The number of anilines is 2. The third kappa shape index (κ3) is 9.12. The molecule has 0 aromatic carbocycles. The van der Waals surface area contributed by atoms with Gasteiger partial charge in [-0.05, 0) is 6.07 Å². The second-order valence-electron chi connectivity index (χ2n) is 10.4. The molecule has 5 heterocycles. The predicted octanol–water partition coefficient (Wildman–Crippen LogP) is -3.03. The van der Waals surface area contributed by atoms with Crippen molar-refractivity contribution < 1.29 is 89.7 Å². The molecule has 12 N–H and O–H groups in total. The highest BCUT2D eigenvalue weighted by molar-refractivity contribution is 7.69. The van der Waals surface area contributed by atoms with E-state index in [0.29, 0.717) is 0 Å². The Balaban J connectivity index is 1.13. The number of aliphatic hydroxyl groups is 4. The Morgan fingerprint density at radius 2 is 1.22 bits per heavy atom. The molecule has 0 spiro atoms. The van der Waals surface area contributed by atoms with Crippen molar-refractivity contribution in [1.82, 2.24) is 29.1 Å². The van der Waals surface area contributed by atoms with Crippen LogP contribution in [0.2, 0.25) is 0 Å². The van der Waals surface area contributed by atoms with Gasteiger partial charge < -0.3 is 60.9 Å². The fourth-order valence-corrected chi connectivity index (χ4v) is 9.62. The van der Waals surface area contributed by atoms with E-state index in [2.05, 4.69) is 41.9 Å². The molecule has 2 saturated heterocycles. The van der Waals surface area contributed by atoms with Crippen LogP contribution in [0.3, 0.4) is 0 Å². The second kappa shape index (κ2) is 14.6. The lowest BCUT2D eigenvalue weighted by molar-refractivity contribution is -0.0541. The number of nitrogens with two attached hydrogens (primary N) is 2. The number of aliphatic hydroxyl groups excluding tert-OH is 4. The zero-order chi connectivity index (χ0) is 37.7. The number of imidazole rings is 1. The lowest BCUT2D eigenvalue weighted by atomic mass is 10.1. The van der Waals surface area contributed by atoms with Gasteiger partial charge in [-0.15, -0.1) is 0 Å². The molecule has 6 unspecified atom stereocenters. The number of hydrogen-bond donors (Lipinski definition) is 10. The average Bonchev–Trinajstić information content (AvgIpc) is 3.64. The van der Waals surface area contributed by atoms with Crippen molar-refractivity contribution in [1.29, 1.82) is 0 Å². The van der Waals surface area contributed by atoms with E-state index in [1.54, 1.807) is 0 Å². The van der Waals surface area contributed by atoms with Crippen LogP contribution in [0.15, 0.2) is 29.7 Å². The molecule has 51 heavy (non-hydrogen) atoms. The van der Waals surface area contributed by atoms with E-state index in [1.165, 1.54) is 0 Å². The number of rotatable bonds is 14. The van der Waals surface area contributed by atoms with Crippen molar-refractivity contribution >= 4 is 54.1 Å². The van der Waals surface area contributed by atoms with E-state index in [-0.39, 0.29) is 22.8 Å². The normalized spacial score (nSPS) is 31.5. The Bertz CT molecular complexity index is 2020. The Hall–Kier alpha value is -2.65. The Labute approximate surface area is 282 Å². The first kappa shape index (κ1) is 39.6. The smallest absolute Gasteiger partial charge is 0.387 e. The van der Waals surface area contributed by atoms with Crippen LogP contribution < -0.4 is 17.2 Å². The molecule has 0 radical (unpaired) electrons. The van der Waals surface area contributed by atoms with Crippen molar-refractivity contribution in [2.24, 2.45) is 0 Å². The summed E-state index contributed by atoms with van der Waals surface area (Å²) in [6.07, 6.45) is -10.3. The van der Waals surface area contributed by atoms with Crippen LogP contribution in [0.4, 0.5) is 11.6 Å². The summed E-state index contributed by atoms with van der Waals surface area (Å²) in [7, 11) is -24.0. The molecule has 2 fully saturated rings. The van der Waals surface area contributed by atoms with Crippen molar-refractivity contribution in [2.45, 2.75) is 49.1 Å². The molecule has 2 aliphatic rings. The van der Waals surface area contributed by atoms with Gasteiger partial charge in [-0.2, -0.15) is 17.9 Å². The topological polar surface area (TPSA) is 425 Å². The first-order valence-corrected chi connectivity index (χ1v) is 19.6. The van der Waals surface area contributed by atoms with E-state index >= 15 is 0 Å². The maximum Gasteiger partial charge on any atom is 0.490 e. The fourth-order valence-electron chi connectivity index (χ4n) is 4.67. The number of ether oxygens (including phenoxy) is 2. The highest BCUT2D eigenvalue weighted by Crippen LogP contribution is 2.71. The van der Waals surface area contributed by atoms with Crippen LogP contribution in [0.1, 0.15) is 12.5 Å². The summed E-state index contributed by atoms with van der Waals surface area (Å²) in [5, 5.41) is 41.3. The van der Waals surface area contributed by atoms with Crippen LogP contribution in [-0.4, -0.2) is 119 Å². The van der Waals surface area contributed by atoms with Crippen molar-refractivity contribution in [2.75, 3.05) is 24.7 Å². The summed E-state index contributed by atoms with van der Waals surface area (Å²) in [6, 6.07) is 1.15. The highest BCUT2D eigenvalue weighted by atomic mass is 31.3. The molecule has 0 saturated carbocycles. The van der Waals surface area contributed by atoms with Gasteiger partial charge in [0.25, 0.3) is 0 Å². The third-order valence-corrected chi connectivity index (χ3v) is 12.8. The number of aromatic nitrogens is 6. The van der Waals surface area contributed by atoms with Crippen molar-refractivity contribution in [3.8, 4) is 0 Å². The molecule has 0 bridgehead atoms. The summed E-state index contributed by atoms with van der Waals surface area (Å²) in [5.41, 5.74) is 10.3. The largest absolute Gasteiger partial charge is 0.490 e. The van der Waals surface area contributed by atoms with Crippen LogP contribution in [0.5, 0.6) is 0 Å². The first-order chi connectivity index (χ1) is 23.6. The Kier molecular flexibility index (Phi) is 11.4. The van der Waals surface area contributed by atoms with Crippen molar-refractivity contribution in [3.63, 3.8) is 0 Å². The van der Waals surface area contributed by atoms with Gasteiger partial charge in [0.05, 0.1) is 19.5 Å². The van der Waals surface area contributed by atoms with E-state index < -0.39 is 99.3 Å². The lowest BCUT2D eigenvalue weighted by Gasteiger charge is -2.21. The molecule has 32 heteroatoms. The van der Waals surface area contributed by atoms with E-state index in [4.69, 9.17) is 20.9 Å². The predicted molar refractivity (Wildman–Crippen MR) is 159 cm³/mol. The number of hydrogen-bond acceptors (Lipinski definition) is 22. The van der Waals surface area contributed by atoms with Gasteiger partial charge in [0, 0.05) is 6.20 Å². The molecular weight excluding hydrogens is 784 g/mol. The molecular formula is C19H28N8O20P4. The maximum absolute atomic E-state index is 12.4. The number of nitrogens with zero attached hydrogens (tertiary/aromatic N) is 6. The SMILES string of the molecule is Nc1ccn([C@@H]2O[C@H](COP(=O)(O)OP(=O)(O)OP(=O)(O)OP(=O)(O)OC[C@H]3O[C@@H](n4cnc5c(N)ncnc54)[C@@H](O)C3O)[C@H](O)C2O)c(=O)n1. The van der Waals surface area contributed by atoms with Crippen LogP contribution in [0.25, 0.3) is 11.2 Å². The van der Waals surface area contributed by atoms with Gasteiger partial charge in [0.1, 0.15) is 54.3 Å². The van der Waals surface area contributed by atoms with E-state index in [0.717, 1.165) is 34.1 Å². The zero-order valence-electron chi connectivity index (χ0n) is 24.9. The highest BCUT2D eigenvalue weighted by Gasteiger charge is 2.50. The zero-order valence-corrected chi connectivity index (χ0v) is 28.5. The van der Waals surface area contributed by atoms with E-state index in [9.17, 15) is 63.1 Å². The molecule has 2 aliphatic heterocycles. The standard InChI is InChI=1S/C19H28N8O20P4/c20-9-1-2-26(19(32)25-9)17-13(30)11(28)7(43-17)3-41-48(33,34)45-50(37,38)47-51(39,40)46-49(35,36)42-4-8-12(29)14(31)18(44-8)27-6-24-10-15(21)22-5-23-16(10)27/h1-2,5-8,11-14,17-18,28-31H,3-4H2,(H,33,34)(H,35,36)(H,37,38)(H,39,40)(H2,20,25,32)(H2,21,22,23)/t7-,8-,11+,12?,13?,14+,17-,18-/m1/s1. The molecule has 284 valence electrons. The fraction of sp³-hybridized carbons (Fsp3) is 0.526. The van der Waals surface area contributed by atoms with Crippen LogP contribution in [0, 0.1) is 0 Å². The van der Waals surface area contributed by atoms with Gasteiger partial charge in [-0.25, -0.2) is 38.0 Å². The van der Waals surface area contributed by atoms with Crippen LogP contribution >= 0.6 is 31.3 Å². The van der Waals surface area contributed by atoms with E-state index in [1.807, 2.05) is 0 Å². The van der Waals surface area contributed by atoms with Crippen molar-refractivity contribution in [3.05, 3.63) is 35.4 Å². The monoisotopic (exact) mass is 812 g/mol. The minimum atomic E-state index is -6.21. The average molecular weight is 812 g/mol. The summed E-state index contributed by atoms with van der Waals surface area (Å²) >= 11 is 0. The lowest BCUT2D eigenvalue weighted by Crippen LogP contribution is -2.36. The quantitative estimate of drug-likeness (QED) is 0.0724. The van der Waals surface area contributed by atoms with Gasteiger partial charge in [-0.1, -0.05) is 0 Å². The molecule has 28 nitrogen and oxygen atoms in total. The number of phosphoric ester groups is 2. The molecule has 3 aromatic rings. The summed E-state index contributed by atoms with van der Waals surface area (Å²) in [6.45, 7) is -2.29. The molecule has 0 amide bonds. The number of phosphoric acid groups is 4. The Morgan fingerprint density at radius 3 is 1.73 bits per heavy atom. The van der Waals surface area contributed by atoms with Gasteiger partial charge >= 0.3 is 37.0 Å². The number of fused-ring (bicyclic) bond motifs is 1. The minimum absolute atomic E-state index is 0.0192. The van der Waals surface area contributed by atoms with Gasteiger partial charge in [-0.3, -0.25) is 18.2 Å². The Morgan fingerprint density at radius 1 is 0.725 bits per heavy atom. The first-order valence-electron chi connectivity index (χ1n) is 13.6. The third-order valence-electron chi connectivity index (χ3n) is 6.88.